The molecule has 0 fully saturated rings. The Morgan fingerprint density at radius 1 is 1.22 bits per heavy atom. The molecule has 1 rings (SSSR count). The van der Waals surface area contributed by atoms with Gasteiger partial charge in [0.2, 0.25) is 10.0 Å². The van der Waals surface area contributed by atoms with Crippen LogP contribution in [-0.4, -0.2) is 38.6 Å². The monoisotopic (exact) mass is 342 g/mol. The normalized spacial score (nSPS) is 13.6. The summed E-state index contributed by atoms with van der Waals surface area (Å²) in [6, 6.07) is 5.68. The highest BCUT2D eigenvalue weighted by molar-refractivity contribution is 7.89. The molecule has 0 aliphatic carbocycles. The van der Waals surface area contributed by atoms with Crippen molar-refractivity contribution in [3.8, 4) is 0 Å². The van der Waals surface area contributed by atoms with Crippen LogP contribution in [0, 0.1) is 5.41 Å². The molecule has 0 saturated carbocycles. The first-order valence-electron chi connectivity index (χ1n) is 7.61. The maximum Gasteiger partial charge on any atom is 0.251 e. The third-order valence-electron chi connectivity index (χ3n) is 3.11. The molecule has 1 atom stereocenters. The van der Waals surface area contributed by atoms with Crippen LogP contribution < -0.4 is 10.0 Å². The summed E-state index contributed by atoms with van der Waals surface area (Å²) < 4.78 is 26.0. The summed E-state index contributed by atoms with van der Waals surface area (Å²) in [5.74, 6) is -0.342. The van der Waals surface area contributed by atoms with Gasteiger partial charge in [-0.1, -0.05) is 27.7 Å². The molecule has 130 valence electrons. The predicted molar refractivity (Wildman–Crippen MR) is 89.7 cm³/mol. The Morgan fingerprint density at radius 3 is 2.26 bits per heavy atom. The largest absolute Gasteiger partial charge is 0.391 e. The SMILES string of the molecule is CCNS(=O)(=O)c1ccc(C(=O)NCC(O)CC(C)(C)C)cc1. The lowest BCUT2D eigenvalue weighted by Crippen LogP contribution is -2.34. The van der Waals surface area contributed by atoms with Gasteiger partial charge in [0.15, 0.2) is 0 Å². The van der Waals surface area contributed by atoms with Crippen LogP contribution in [0.15, 0.2) is 29.2 Å². The van der Waals surface area contributed by atoms with Crippen molar-refractivity contribution in [1.82, 2.24) is 10.0 Å². The van der Waals surface area contributed by atoms with Crippen LogP contribution in [0.5, 0.6) is 0 Å². The van der Waals surface area contributed by atoms with Crippen LogP contribution in [-0.2, 0) is 10.0 Å². The van der Waals surface area contributed by atoms with Crippen molar-refractivity contribution in [2.75, 3.05) is 13.1 Å². The van der Waals surface area contributed by atoms with Crippen LogP contribution >= 0.6 is 0 Å². The van der Waals surface area contributed by atoms with Crippen molar-refractivity contribution >= 4 is 15.9 Å². The first kappa shape index (κ1) is 19.6. The fourth-order valence-electron chi connectivity index (χ4n) is 2.15. The molecule has 0 spiro atoms. The van der Waals surface area contributed by atoms with Crippen molar-refractivity contribution in [3.63, 3.8) is 0 Å². The quantitative estimate of drug-likeness (QED) is 0.700. The molecule has 0 bridgehead atoms. The van der Waals surface area contributed by atoms with Gasteiger partial charge >= 0.3 is 0 Å². The molecule has 0 radical (unpaired) electrons. The molecule has 1 aromatic rings. The van der Waals surface area contributed by atoms with Gasteiger partial charge in [0, 0.05) is 18.7 Å². The molecule has 1 amide bonds. The second-order valence-electron chi connectivity index (χ2n) is 6.65. The summed E-state index contributed by atoms with van der Waals surface area (Å²) in [5.41, 5.74) is 0.329. The Bertz CT molecular complexity index is 618. The van der Waals surface area contributed by atoms with E-state index in [1.54, 1.807) is 6.92 Å². The Labute approximate surface area is 138 Å². The molecule has 0 aliphatic heterocycles. The van der Waals surface area contributed by atoms with E-state index in [-0.39, 0.29) is 22.8 Å². The number of carbonyl (C=O) groups excluding carboxylic acids is 1. The number of rotatable bonds is 7. The molecule has 23 heavy (non-hydrogen) atoms. The van der Waals surface area contributed by atoms with Crippen LogP contribution in [0.3, 0.4) is 0 Å². The minimum absolute atomic E-state index is 0.0214. The highest BCUT2D eigenvalue weighted by Crippen LogP contribution is 2.20. The summed E-state index contributed by atoms with van der Waals surface area (Å²) in [5, 5.41) is 12.5. The number of carbonyl (C=O) groups is 1. The minimum Gasteiger partial charge on any atom is -0.391 e. The number of hydrogen-bond acceptors (Lipinski definition) is 4. The lowest BCUT2D eigenvalue weighted by atomic mass is 9.89. The maximum atomic E-state index is 12.0. The van der Waals surface area contributed by atoms with Crippen LogP contribution in [0.4, 0.5) is 0 Å². The molecule has 0 aromatic heterocycles. The zero-order valence-electron chi connectivity index (χ0n) is 14.1. The molecule has 7 heteroatoms. The van der Waals surface area contributed by atoms with E-state index in [0.717, 1.165) is 0 Å². The summed E-state index contributed by atoms with van der Waals surface area (Å²) in [6.45, 7) is 8.21. The lowest BCUT2D eigenvalue weighted by molar-refractivity contribution is 0.0868. The lowest BCUT2D eigenvalue weighted by Gasteiger charge is -2.22. The number of hydrogen-bond donors (Lipinski definition) is 3. The van der Waals surface area contributed by atoms with Crippen LogP contribution in [0.25, 0.3) is 0 Å². The van der Waals surface area contributed by atoms with Gasteiger partial charge in [-0.15, -0.1) is 0 Å². The molecule has 0 saturated heterocycles. The predicted octanol–water partition coefficient (Wildman–Crippen LogP) is 1.51. The van der Waals surface area contributed by atoms with Gasteiger partial charge in [0.05, 0.1) is 11.0 Å². The number of amides is 1. The molecule has 0 heterocycles. The van der Waals surface area contributed by atoms with Gasteiger partial charge in [0.25, 0.3) is 5.91 Å². The number of aliphatic hydroxyl groups is 1. The number of aliphatic hydroxyl groups excluding tert-OH is 1. The van der Waals surface area contributed by atoms with E-state index in [0.29, 0.717) is 18.5 Å². The zero-order valence-corrected chi connectivity index (χ0v) is 14.9. The van der Waals surface area contributed by atoms with Crippen LogP contribution in [0.2, 0.25) is 0 Å². The Balaban J connectivity index is 2.65. The Morgan fingerprint density at radius 2 is 1.78 bits per heavy atom. The fourth-order valence-corrected chi connectivity index (χ4v) is 3.19. The van der Waals surface area contributed by atoms with E-state index in [4.69, 9.17) is 0 Å². The van der Waals surface area contributed by atoms with E-state index in [1.807, 2.05) is 20.8 Å². The standard InChI is InChI=1S/C16H26N2O4S/c1-5-18-23(21,22)14-8-6-12(7-9-14)15(20)17-11-13(19)10-16(2,3)4/h6-9,13,18-19H,5,10-11H2,1-4H3,(H,17,20). The van der Waals surface area contributed by atoms with E-state index in [1.165, 1.54) is 24.3 Å². The molecular weight excluding hydrogens is 316 g/mol. The third-order valence-corrected chi connectivity index (χ3v) is 4.67. The summed E-state index contributed by atoms with van der Waals surface area (Å²) in [7, 11) is -3.52. The topological polar surface area (TPSA) is 95.5 Å². The molecular formula is C16H26N2O4S. The maximum absolute atomic E-state index is 12.0. The Hall–Kier alpha value is -1.44. The average Bonchev–Trinajstić information content (AvgIpc) is 2.43. The van der Waals surface area contributed by atoms with Gasteiger partial charge in [0.1, 0.15) is 0 Å². The van der Waals surface area contributed by atoms with E-state index in [2.05, 4.69) is 10.0 Å². The van der Waals surface area contributed by atoms with Gasteiger partial charge in [-0.05, 0) is 36.1 Å². The van der Waals surface area contributed by atoms with E-state index in [9.17, 15) is 18.3 Å². The molecule has 0 aliphatic rings. The number of sulfonamides is 1. The van der Waals surface area contributed by atoms with Crippen molar-refractivity contribution in [2.45, 2.75) is 45.1 Å². The van der Waals surface area contributed by atoms with E-state index < -0.39 is 16.1 Å². The van der Waals surface area contributed by atoms with Gasteiger partial charge < -0.3 is 10.4 Å². The average molecular weight is 342 g/mol. The minimum atomic E-state index is -3.52. The van der Waals surface area contributed by atoms with Gasteiger partial charge in [-0.3, -0.25) is 4.79 Å². The number of nitrogens with one attached hydrogen (secondary N) is 2. The summed E-state index contributed by atoms with van der Waals surface area (Å²) >= 11 is 0. The first-order valence-corrected chi connectivity index (χ1v) is 9.09. The smallest absolute Gasteiger partial charge is 0.251 e. The zero-order chi connectivity index (χ0) is 17.7. The summed E-state index contributed by atoms with van der Waals surface area (Å²) in [6.07, 6.45) is -0.0417. The first-order chi connectivity index (χ1) is 10.5. The van der Waals surface area contributed by atoms with Crippen molar-refractivity contribution in [1.29, 1.82) is 0 Å². The fraction of sp³-hybridized carbons (Fsp3) is 0.562. The van der Waals surface area contributed by atoms with Crippen LogP contribution in [0.1, 0.15) is 44.5 Å². The molecule has 1 unspecified atom stereocenters. The van der Waals surface area contributed by atoms with E-state index >= 15 is 0 Å². The third kappa shape index (κ3) is 6.68. The summed E-state index contributed by atoms with van der Waals surface area (Å²) in [4.78, 5) is 12.1. The second kappa shape index (κ2) is 7.90. The molecule has 3 N–H and O–H groups in total. The van der Waals surface area contributed by atoms with Crippen molar-refractivity contribution < 1.29 is 18.3 Å². The highest BCUT2D eigenvalue weighted by atomic mass is 32.2. The Kier molecular flexibility index (Phi) is 6.73. The molecule has 1 aromatic carbocycles. The molecule has 6 nitrogen and oxygen atoms in total. The van der Waals surface area contributed by atoms with Gasteiger partial charge in [-0.2, -0.15) is 0 Å². The number of benzene rings is 1. The highest BCUT2D eigenvalue weighted by Gasteiger charge is 2.18. The second-order valence-corrected chi connectivity index (χ2v) is 8.42. The van der Waals surface area contributed by atoms with Crippen molar-refractivity contribution in [2.24, 2.45) is 5.41 Å². The van der Waals surface area contributed by atoms with Gasteiger partial charge in [-0.25, -0.2) is 13.1 Å². The van der Waals surface area contributed by atoms with Crippen molar-refractivity contribution in [3.05, 3.63) is 29.8 Å².